The molecule has 0 aliphatic heterocycles. The number of ether oxygens (including phenoxy) is 1. The number of rotatable bonds is 3. The van der Waals surface area contributed by atoms with Crippen LogP contribution in [0.4, 0.5) is 18.9 Å². The number of hydrogen-bond donors (Lipinski definition) is 0. The lowest BCUT2D eigenvalue weighted by molar-refractivity contribution is -0.385. The molecule has 0 fully saturated rings. The Morgan fingerprint density at radius 2 is 2.07 bits per heavy atom. The minimum absolute atomic E-state index is 0.147. The Balaban J connectivity index is 3.17. The first-order valence-corrected chi connectivity index (χ1v) is 4.29. The summed E-state index contributed by atoms with van der Waals surface area (Å²) in [4.78, 5) is 9.54. The normalized spacial score (nSPS) is 10.5. The second-order valence-electron chi connectivity index (χ2n) is 2.37. The summed E-state index contributed by atoms with van der Waals surface area (Å²) in [6.45, 7) is -3.24. The van der Waals surface area contributed by atoms with Crippen molar-refractivity contribution in [2.45, 2.75) is 6.61 Å². The van der Waals surface area contributed by atoms with Gasteiger partial charge in [0.25, 0.3) is 5.69 Å². The van der Waals surface area contributed by atoms with E-state index in [1.807, 2.05) is 0 Å². The van der Waals surface area contributed by atoms with Crippen LogP contribution >= 0.6 is 15.9 Å². The first-order chi connectivity index (χ1) is 6.91. The summed E-state index contributed by atoms with van der Waals surface area (Å²) < 4.78 is 40.1. The van der Waals surface area contributed by atoms with Gasteiger partial charge < -0.3 is 4.74 Å². The van der Waals surface area contributed by atoms with E-state index in [9.17, 15) is 23.3 Å². The molecule has 1 aromatic carbocycles. The molecule has 4 nitrogen and oxygen atoms in total. The molecule has 0 amide bonds. The lowest BCUT2D eigenvalue weighted by Gasteiger charge is -2.05. The highest BCUT2D eigenvalue weighted by Gasteiger charge is 2.19. The summed E-state index contributed by atoms with van der Waals surface area (Å²) in [5, 5.41) is 10.4. The van der Waals surface area contributed by atoms with E-state index >= 15 is 0 Å². The lowest BCUT2D eigenvalue weighted by Crippen LogP contribution is -2.04. The van der Waals surface area contributed by atoms with Gasteiger partial charge in [-0.25, -0.2) is 4.39 Å². The molecule has 0 spiro atoms. The Labute approximate surface area is 89.9 Å². The van der Waals surface area contributed by atoms with Crippen LogP contribution in [0.25, 0.3) is 0 Å². The summed E-state index contributed by atoms with van der Waals surface area (Å²) >= 11 is 2.72. The van der Waals surface area contributed by atoms with Gasteiger partial charge in [0.2, 0.25) is 0 Å². The van der Waals surface area contributed by atoms with E-state index in [1.54, 1.807) is 0 Å². The fraction of sp³-hybridized carbons (Fsp3) is 0.143. The van der Waals surface area contributed by atoms with Gasteiger partial charge in [-0.05, 0) is 22.0 Å². The maximum Gasteiger partial charge on any atom is 0.387 e. The van der Waals surface area contributed by atoms with E-state index in [0.717, 1.165) is 0 Å². The highest BCUT2D eigenvalue weighted by molar-refractivity contribution is 9.10. The Hall–Kier alpha value is -1.31. The second kappa shape index (κ2) is 4.47. The summed E-state index contributed by atoms with van der Waals surface area (Å²) in [5.41, 5.74) is -0.549. The van der Waals surface area contributed by atoms with Gasteiger partial charge in [-0.15, -0.1) is 0 Å². The van der Waals surface area contributed by atoms with Gasteiger partial charge in [-0.1, -0.05) is 0 Å². The number of nitrogens with zero attached hydrogens (tertiary/aromatic N) is 1. The Morgan fingerprint density at radius 3 is 2.53 bits per heavy atom. The largest absolute Gasteiger partial charge is 0.431 e. The van der Waals surface area contributed by atoms with Crippen molar-refractivity contribution in [2.24, 2.45) is 0 Å². The fourth-order valence-electron chi connectivity index (χ4n) is 0.845. The summed E-state index contributed by atoms with van der Waals surface area (Å²) in [5.74, 6) is -1.97. The molecule has 0 atom stereocenters. The molecule has 0 saturated carbocycles. The fourth-order valence-corrected chi connectivity index (χ4v) is 1.30. The molecule has 82 valence electrons. The average Bonchev–Trinajstić information content (AvgIpc) is 2.08. The Kier molecular flexibility index (Phi) is 3.51. The third-order valence-electron chi connectivity index (χ3n) is 1.41. The van der Waals surface area contributed by atoms with Crippen LogP contribution in [-0.2, 0) is 0 Å². The zero-order chi connectivity index (χ0) is 11.6. The van der Waals surface area contributed by atoms with Crippen LogP contribution in [0.2, 0.25) is 0 Å². The number of halogens is 4. The van der Waals surface area contributed by atoms with Gasteiger partial charge >= 0.3 is 6.61 Å². The molecule has 0 unspecified atom stereocenters. The molecule has 15 heavy (non-hydrogen) atoms. The molecule has 0 N–H and O–H groups in total. The summed E-state index contributed by atoms with van der Waals surface area (Å²) in [7, 11) is 0. The first-order valence-electron chi connectivity index (χ1n) is 3.50. The molecule has 0 aromatic heterocycles. The van der Waals surface area contributed by atoms with Crippen LogP contribution in [-0.4, -0.2) is 11.5 Å². The van der Waals surface area contributed by atoms with Gasteiger partial charge in [0.1, 0.15) is 0 Å². The SMILES string of the molecule is O=[N+]([O-])c1cc(OC(F)F)c(F)cc1Br. The molecule has 0 radical (unpaired) electrons. The predicted octanol–water partition coefficient (Wildman–Crippen LogP) is 3.10. The summed E-state index contributed by atoms with van der Waals surface area (Å²) in [6.07, 6.45) is 0. The molecule has 0 saturated heterocycles. The van der Waals surface area contributed by atoms with Crippen molar-refractivity contribution in [3.8, 4) is 5.75 Å². The minimum atomic E-state index is -3.24. The number of nitro groups is 1. The number of hydrogen-bond acceptors (Lipinski definition) is 3. The molecule has 0 bridgehead atoms. The quantitative estimate of drug-likeness (QED) is 0.633. The van der Waals surface area contributed by atoms with E-state index in [2.05, 4.69) is 20.7 Å². The second-order valence-corrected chi connectivity index (χ2v) is 3.22. The van der Waals surface area contributed by atoms with E-state index in [0.29, 0.717) is 12.1 Å². The average molecular weight is 286 g/mol. The zero-order valence-electron chi connectivity index (χ0n) is 6.92. The van der Waals surface area contributed by atoms with Crippen molar-refractivity contribution in [1.82, 2.24) is 0 Å². The molecule has 0 aliphatic carbocycles. The highest BCUT2D eigenvalue weighted by Crippen LogP contribution is 2.32. The molecule has 1 aromatic rings. The van der Waals surface area contributed by atoms with Crippen LogP contribution < -0.4 is 4.74 Å². The van der Waals surface area contributed by atoms with Crippen molar-refractivity contribution in [3.63, 3.8) is 0 Å². The standard InChI is InChI=1S/C7H3BrF3NO3/c8-3-1-4(9)6(15-7(10)11)2-5(3)12(13)14/h1-2,7H. The Morgan fingerprint density at radius 1 is 1.47 bits per heavy atom. The third kappa shape index (κ3) is 2.82. The number of nitro benzene ring substituents is 1. The summed E-state index contributed by atoms with van der Waals surface area (Å²) in [6, 6.07) is 1.28. The minimum Gasteiger partial charge on any atom is -0.431 e. The van der Waals surface area contributed by atoms with E-state index in [4.69, 9.17) is 0 Å². The van der Waals surface area contributed by atoms with Crippen LogP contribution in [0, 0.1) is 15.9 Å². The molecular formula is C7H3BrF3NO3. The van der Waals surface area contributed by atoms with Crippen molar-refractivity contribution < 1.29 is 22.8 Å². The van der Waals surface area contributed by atoms with Crippen molar-refractivity contribution in [2.75, 3.05) is 0 Å². The maximum absolute atomic E-state index is 12.9. The topological polar surface area (TPSA) is 52.4 Å². The van der Waals surface area contributed by atoms with Crippen molar-refractivity contribution in [3.05, 3.63) is 32.5 Å². The maximum atomic E-state index is 12.9. The zero-order valence-corrected chi connectivity index (χ0v) is 8.50. The van der Waals surface area contributed by atoms with E-state index in [-0.39, 0.29) is 4.47 Å². The Bertz CT molecular complexity index is 399. The van der Waals surface area contributed by atoms with Gasteiger partial charge in [0.05, 0.1) is 15.5 Å². The van der Waals surface area contributed by atoms with Gasteiger partial charge in [-0.2, -0.15) is 8.78 Å². The highest BCUT2D eigenvalue weighted by atomic mass is 79.9. The number of alkyl halides is 2. The molecule has 8 heteroatoms. The lowest BCUT2D eigenvalue weighted by atomic mass is 10.3. The van der Waals surface area contributed by atoms with Gasteiger partial charge in [0.15, 0.2) is 11.6 Å². The van der Waals surface area contributed by atoms with E-state index in [1.165, 1.54) is 0 Å². The molecule has 0 aliphatic rings. The van der Waals surface area contributed by atoms with Gasteiger partial charge in [0, 0.05) is 0 Å². The first kappa shape index (κ1) is 11.8. The monoisotopic (exact) mass is 285 g/mol. The van der Waals surface area contributed by atoms with Crippen LogP contribution in [0.1, 0.15) is 0 Å². The predicted molar refractivity (Wildman–Crippen MR) is 47.4 cm³/mol. The van der Waals surface area contributed by atoms with Gasteiger partial charge in [-0.3, -0.25) is 10.1 Å². The molecule has 0 heterocycles. The van der Waals surface area contributed by atoms with Crippen molar-refractivity contribution in [1.29, 1.82) is 0 Å². The number of benzene rings is 1. The van der Waals surface area contributed by atoms with Crippen molar-refractivity contribution >= 4 is 21.6 Å². The smallest absolute Gasteiger partial charge is 0.387 e. The van der Waals surface area contributed by atoms with Crippen LogP contribution in [0.3, 0.4) is 0 Å². The molecule has 1 rings (SSSR count). The molecular weight excluding hydrogens is 283 g/mol. The van der Waals surface area contributed by atoms with Crippen LogP contribution in [0.15, 0.2) is 16.6 Å². The van der Waals surface area contributed by atoms with E-state index < -0.39 is 28.8 Å². The third-order valence-corrected chi connectivity index (χ3v) is 2.05. The van der Waals surface area contributed by atoms with Crippen LogP contribution in [0.5, 0.6) is 5.75 Å².